The number of hydrogen-bond acceptors (Lipinski definition) is 5. The Kier molecular flexibility index (Phi) is 10.8. The third-order valence-corrected chi connectivity index (χ3v) is 4.67. The molecule has 0 unspecified atom stereocenters. The zero-order chi connectivity index (χ0) is 19.6. The van der Waals surface area contributed by atoms with Crippen LogP contribution in [0.15, 0.2) is 24.3 Å². The highest BCUT2D eigenvalue weighted by Gasteiger charge is 2.25. The summed E-state index contributed by atoms with van der Waals surface area (Å²) in [5, 5.41) is 11.8. The molecule has 0 spiro atoms. The molecule has 2 rings (SSSR count). The molecule has 1 saturated heterocycles. The van der Waals surface area contributed by atoms with Gasteiger partial charge in [-0.1, -0.05) is 13.0 Å². The highest BCUT2D eigenvalue weighted by Crippen LogP contribution is 2.16. The maximum atomic E-state index is 13.0. The van der Waals surface area contributed by atoms with E-state index in [1.807, 2.05) is 11.8 Å². The predicted octanol–water partition coefficient (Wildman–Crippen LogP) is 1.61. The van der Waals surface area contributed by atoms with Crippen LogP contribution in [0.2, 0.25) is 0 Å². The highest BCUT2D eigenvalue weighted by molar-refractivity contribution is 5.85. The molecule has 0 aliphatic carbocycles. The van der Waals surface area contributed by atoms with Crippen LogP contribution in [0, 0.1) is 5.82 Å². The van der Waals surface area contributed by atoms with Gasteiger partial charge in [0.05, 0.1) is 19.6 Å². The minimum atomic E-state index is -0.806. The van der Waals surface area contributed by atoms with E-state index in [1.165, 1.54) is 12.1 Å². The highest BCUT2D eigenvalue weighted by atomic mass is 35.5. The van der Waals surface area contributed by atoms with E-state index < -0.39 is 5.97 Å². The predicted molar refractivity (Wildman–Crippen MR) is 106 cm³/mol. The fraction of sp³-hybridized carbons (Fsp3) is 0.579. The Hall–Kier alpha value is -1.90. The molecule has 2 N–H and O–H groups in total. The molecule has 9 heteroatoms. The van der Waals surface area contributed by atoms with Crippen LogP contribution in [0.4, 0.5) is 4.39 Å². The monoisotopic (exact) mass is 417 g/mol. The summed E-state index contributed by atoms with van der Waals surface area (Å²) in [6.07, 6.45) is 1.72. The van der Waals surface area contributed by atoms with Gasteiger partial charge < -0.3 is 15.2 Å². The summed E-state index contributed by atoms with van der Waals surface area (Å²) >= 11 is 0. The lowest BCUT2D eigenvalue weighted by Crippen LogP contribution is -2.48. The number of amides is 1. The molecular formula is C19H29ClFN3O4. The second kappa shape index (κ2) is 12.5. The van der Waals surface area contributed by atoms with Gasteiger partial charge in [0.2, 0.25) is 5.91 Å². The number of likely N-dealkylation sites (N-methyl/N-ethyl adjacent to an activating group) is 1. The first-order valence-corrected chi connectivity index (χ1v) is 9.31. The van der Waals surface area contributed by atoms with Gasteiger partial charge in [-0.3, -0.25) is 19.4 Å². The zero-order valence-corrected chi connectivity index (χ0v) is 16.9. The smallest absolute Gasteiger partial charge is 0.317 e. The third kappa shape index (κ3) is 8.41. The first kappa shape index (κ1) is 24.1. The van der Waals surface area contributed by atoms with Crippen LogP contribution in [0.1, 0.15) is 19.8 Å². The molecule has 0 atom stereocenters. The van der Waals surface area contributed by atoms with Crippen molar-refractivity contribution in [3.05, 3.63) is 30.1 Å². The number of carbonyl (C=O) groups is 2. The Bertz CT molecular complexity index is 627. The lowest BCUT2D eigenvalue weighted by molar-refractivity contribution is -0.139. The Morgan fingerprint density at radius 3 is 2.68 bits per heavy atom. The molecule has 1 aromatic carbocycles. The van der Waals surface area contributed by atoms with Crippen LogP contribution in [0.5, 0.6) is 5.75 Å². The maximum absolute atomic E-state index is 13.0. The van der Waals surface area contributed by atoms with Crippen molar-refractivity contribution in [2.75, 3.05) is 45.9 Å². The number of halogens is 2. The van der Waals surface area contributed by atoms with E-state index >= 15 is 0 Å². The van der Waals surface area contributed by atoms with Gasteiger partial charge in [0.25, 0.3) is 0 Å². The number of ether oxygens (including phenoxy) is 1. The number of nitrogens with one attached hydrogen (secondary N) is 1. The number of carboxylic acid groups (broad SMARTS) is 1. The summed E-state index contributed by atoms with van der Waals surface area (Å²) in [5.41, 5.74) is 0. The average molecular weight is 418 g/mol. The van der Waals surface area contributed by atoms with Crippen LogP contribution >= 0.6 is 12.4 Å². The van der Waals surface area contributed by atoms with Gasteiger partial charge in [-0.05, 0) is 31.5 Å². The molecule has 1 aliphatic heterocycles. The Labute approximate surface area is 171 Å². The molecule has 0 bridgehead atoms. The minimum absolute atomic E-state index is 0. The fourth-order valence-electron chi connectivity index (χ4n) is 3.29. The summed E-state index contributed by atoms with van der Waals surface area (Å²) in [6, 6.07) is 6.14. The number of hydrogen-bond donors (Lipinski definition) is 2. The van der Waals surface area contributed by atoms with Gasteiger partial charge in [0, 0.05) is 25.2 Å². The minimum Gasteiger partial charge on any atom is -0.492 e. The van der Waals surface area contributed by atoms with Crippen molar-refractivity contribution < 1.29 is 23.8 Å². The van der Waals surface area contributed by atoms with Crippen LogP contribution < -0.4 is 10.1 Å². The van der Waals surface area contributed by atoms with Gasteiger partial charge in [0.1, 0.15) is 18.2 Å². The van der Waals surface area contributed by atoms with E-state index in [1.54, 1.807) is 12.1 Å². The lowest BCUT2D eigenvalue weighted by atomic mass is 10.0. The molecule has 0 radical (unpaired) electrons. The first-order chi connectivity index (χ1) is 13.0. The van der Waals surface area contributed by atoms with Crippen LogP contribution in [-0.4, -0.2) is 78.7 Å². The second-order valence-corrected chi connectivity index (χ2v) is 6.62. The number of piperidine rings is 1. The summed E-state index contributed by atoms with van der Waals surface area (Å²) in [7, 11) is 0. The molecule has 1 fully saturated rings. The average Bonchev–Trinajstić information content (AvgIpc) is 2.64. The molecule has 1 aromatic rings. The number of likely N-dealkylation sites (tertiary alicyclic amines) is 1. The molecule has 0 aromatic heterocycles. The maximum Gasteiger partial charge on any atom is 0.317 e. The van der Waals surface area contributed by atoms with Crippen molar-refractivity contribution in [1.82, 2.24) is 15.1 Å². The Morgan fingerprint density at radius 2 is 2.07 bits per heavy atom. The Balaban J connectivity index is 0.00000392. The standard InChI is InChI=1S/C19H28FN3O4.ClH/c1-2-23(14-19(25)26)16-6-9-22(10-7-16)13-18(24)21-8-11-27-17-5-3-4-15(20)12-17;/h3-5,12,16H,2,6-11,13-14H2,1H3,(H,21,24)(H,25,26);1H. The normalized spacial score (nSPS) is 15.1. The van der Waals surface area contributed by atoms with E-state index in [0.29, 0.717) is 25.4 Å². The van der Waals surface area contributed by atoms with E-state index in [2.05, 4.69) is 10.2 Å². The van der Waals surface area contributed by atoms with Crippen LogP contribution in [0.3, 0.4) is 0 Å². The molecule has 28 heavy (non-hydrogen) atoms. The van der Waals surface area contributed by atoms with Crippen LogP contribution in [0.25, 0.3) is 0 Å². The number of rotatable bonds is 10. The summed E-state index contributed by atoms with van der Waals surface area (Å²) < 4.78 is 18.4. The largest absolute Gasteiger partial charge is 0.492 e. The second-order valence-electron chi connectivity index (χ2n) is 6.62. The van der Waals surface area contributed by atoms with Gasteiger partial charge in [-0.2, -0.15) is 0 Å². The quantitative estimate of drug-likeness (QED) is 0.563. The van der Waals surface area contributed by atoms with Crippen molar-refractivity contribution in [2.24, 2.45) is 0 Å². The number of carboxylic acids is 1. The number of nitrogens with zero attached hydrogens (tertiary/aromatic N) is 2. The van der Waals surface area contributed by atoms with Crippen molar-refractivity contribution in [2.45, 2.75) is 25.8 Å². The van der Waals surface area contributed by atoms with Crippen molar-refractivity contribution in [3.8, 4) is 5.75 Å². The number of carbonyl (C=O) groups excluding carboxylic acids is 1. The van der Waals surface area contributed by atoms with Crippen molar-refractivity contribution >= 4 is 24.3 Å². The van der Waals surface area contributed by atoms with E-state index in [9.17, 15) is 14.0 Å². The van der Waals surface area contributed by atoms with E-state index in [4.69, 9.17) is 9.84 Å². The van der Waals surface area contributed by atoms with Gasteiger partial charge in [-0.15, -0.1) is 12.4 Å². The molecule has 158 valence electrons. The van der Waals surface area contributed by atoms with Crippen molar-refractivity contribution in [1.29, 1.82) is 0 Å². The van der Waals surface area contributed by atoms with Gasteiger partial charge in [0.15, 0.2) is 0 Å². The summed E-state index contributed by atoms with van der Waals surface area (Å²) in [5.74, 6) is -0.800. The molecule has 0 saturated carbocycles. The van der Waals surface area contributed by atoms with Gasteiger partial charge >= 0.3 is 5.97 Å². The molecule has 1 heterocycles. The molecule has 1 amide bonds. The molecule has 1 aliphatic rings. The third-order valence-electron chi connectivity index (χ3n) is 4.67. The first-order valence-electron chi connectivity index (χ1n) is 9.31. The zero-order valence-electron chi connectivity index (χ0n) is 16.1. The molecular weight excluding hydrogens is 389 g/mol. The fourth-order valence-corrected chi connectivity index (χ4v) is 3.29. The van der Waals surface area contributed by atoms with Crippen molar-refractivity contribution in [3.63, 3.8) is 0 Å². The Morgan fingerprint density at radius 1 is 1.36 bits per heavy atom. The summed E-state index contributed by atoms with van der Waals surface area (Å²) in [6.45, 7) is 5.23. The molecule has 7 nitrogen and oxygen atoms in total. The number of aliphatic carboxylic acids is 1. The lowest BCUT2D eigenvalue weighted by Gasteiger charge is -2.37. The van der Waals surface area contributed by atoms with E-state index in [0.717, 1.165) is 25.9 Å². The topological polar surface area (TPSA) is 82.1 Å². The van der Waals surface area contributed by atoms with E-state index in [-0.39, 0.29) is 43.3 Å². The van der Waals surface area contributed by atoms with Gasteiger partial charge in [-0.25, -0.2) is 4.39 Å². The number of benzene rings is 1. The van der Waals surface area contributed by atoms with Crippen LogP contribution in [-0.2, 0) is 9.59 Å². The SMILES string of the molecule is CCN(CC(=O)O)C1CCN(CC(=O)NCCOc2cccc(F)c2)CC1.Cl. The summed E-state index contributed by atoms with van der Waals surface area (Å²) in [4.78, 5) is 27.0.